The van der Waals surface area contributed by atoms with Gasteiger partial charge in [0, 0.05) is 0 Å². The summed E-state index contributed by atoms with van der Waals surface area (Å²) in [6.07, 6.45) is 8.92. The van der Waals surface area contributed by atoms with Gasteiger partial charge in [0.25, 0.3) is 0 Å². The lowest BCUT2D eigenvalue weighted by atomic mass is 9.64. The molecule has 0 aliphatic rings. The Morgan fingerprint density at radius 3 is 2.65 bits per heavy atom. The van der Waals surface area contributed by atoms with E-state index in [0.29, 0.717) is 5.82 Å². The van der Waals surface area contributed by atoms with E-state index in [0.717, 1.165) is 13.7 Å². The average Bonchev–Trinajstić information content (AvgIpc) is 2.38. The molecule has 0 N–H and O–H groups in total. The van der Waals surface area contributed by atoms with Gasteiger partial charge in [-0.15, -0.1) is 6.58 Å². The van der Waals surface area contributed by atoms with Gasteiger partial charge in [0.15, 0.2) is 0 Å². The molecule has 1 rings (SSSR count). The summed E-state index contributed by atoms with van der Waals surface area (Å²) in [6.45, 7) is 10.5. The molecule has 1 unspecified atom stereocenters. The first kappa shape index (κ1) is 13.8. The Bertz CT molecular complexity index is 471. The quantitative estimate of drug-likeness (QED) is 0.535. The number of hydrogen-bond acceptors (Lipinski definition) is 0. The highest BCUT2D eigenvalue weighted by atomic mass is 14.0. The minimum Gasteiger partial charge on any atom is -0.103 e. The molecular formula is C16H23B. The number of rotatable bonds is 5. The molecule has 0 fully saturated rings. The summed E-state index contributed by atoms with van der Waals surface area (Å²) in [5.74, 6) is 0.481. The first-order chi connectivity index (χ1) is 8.26. The Labute approximate surface area is 106 Å². The summed E-state index contributed by atoms with van der Waals surface area (Å²) in [4.78, 5) is 0. The van der Waals surface area contributed by atoms with Crippen LogP contribution >= 0.6 is 0 Å². The van der Waals surface area contributed by atoms with E-state index in [1.807, 2.05) is 6.08 Å². The van der Waals surface area contributed by atoms with E-state index in [1.54, 1.807) is 0 Å². The van der Waals surface area contributed by atoms with Crippen LogP contribution in [0.25, 0.3) is 12.2 Å². The lowest BCUT2D eigenvalue weighted by Gasteiger charge is -2.09. The molecule has 0 aliphatic carbocycles. The second-order valence-corrected chi connectivity index (χ2v) is 4.42. The van der Waals surface area contributed by atoms with Crippen molar-refractivity contribution >= 4 is 19.4 Å². The third kappa shape index (κ3) is 3.62. The van der Waals surface area contributed by atoms with Gasteiger partial charge < -0.3 is 0 Å². The zero-order valence-electron chi connectivity index (χ0n) is 11.4. The van der Waals surface area contributed by atoms with Gasteiger partial charge in [-0.05, 0) is 35.2 Å². The smallest absolute Gasteiger partial charge is 0.103 e. The summed E-state index contributed by atoms with van der Waals surface area (Å²) in [5, 5.41) is 2.70. The molecule has 0 nitrogen and oxygen atoms in total. The molecule has 0 aromatic heterocycles. The van der Waals surface area contributed by atoms with Gasteiger partial charge in [-0.3, -0.25) is 0 Å². The number of benzene rings is 1. The number of hydrogen-bond donors (Lipinski definition) is 0. The third-order valence-corrected chi connectivity index (χ3v) is 3.23. The van der Waals surface area contributed by atoms with Crippen LogP contribution in [-0.4, -0.2) is 7.28 Å². The Morgan fingerprint density at radius 1 is 1.35 bits per heavy atom. The van der Waals surface area contributed by atoms with Crippen molar-refractivity contribution in [2.75, 3.05) is 0 Å². The van der Waals surface area contributed by atoms with Gasteiger partial charge >= 0.3 is 0 Å². The van der Waals surface area contributed by atoms with Crippen molar-refractivity contribution in [3.05, 3.63) is 46.9 Å². The van der Waals surface area contributed by atoms with Crippen LogP contribution in [0.3, 0.4) is 0 Å². The molecular weight excluding hydrogens is 203 g/mol. The topological polar surface area (TPSA) is 0 Å². The molecule has 0 radical (unpaired) electrons. The molecule has 0 aliphatic heterocycles. The van der Waals surface area contributed by atoms with E-state index in [-0.39, 0.29) is 0 Å². The van der Waals surface area contributed by atoms with E-state index < -0.39 is 0 Å². The van der Waals surface area contributed by atoms with E-state index >= 15 is 0 Å². The zero-order chi connectivity index (χ0) is 12.7. The largest absolute Gasteiger partial charge is 0.131 e. The molecule has 1 aromatic rings. The Kier molecular flexibility index (Phi) is 5.83. The fourth-order valence-electron chi connectivity index (χ4n) is 2.10. The van der Waals surface area contributed by atoms with Crippen LogP contribution in [0, 0.1) is 0 Å². The van der Waals surface area contributed by atoms with Crippen molar-refractivity contribution in [2.24, 2.45) is 0 Å². The average molecular weight is 226 g/mol. The van der Waals surface area contributed by atoms with E-state index in [4.69, 9.17) is 0 Å². The monoisotopic (exact) mass is 226 g/mol. The van der Waals surface area contributed by atoms with Crippen molar-refractivity contribution < 1.29 is 0 Å². The van der Waals surface area contributed by atoms with Gasteiger partial charge in [-0.2, -0.15) is 0 Å². The molecule has 90 valence electrons. The SMILES string of the molecule is C=CC(BC)c1ccc(=C/C)/c(=C\CCC)c1. The highest BCUT2D eigenvalue weighted by Gasteiger charge is 2.04. The van der Waals surface area contributed by atoms with Gasteiger partial charge in [0.1, 0.15) is 7.28 Å². The standard InChI is InChI=1S/C16H23B/c1-5-8-9-14-12-15(16(7-3)17-4)11-10-13(14)6-2/h6-7,9-12,16-17H,3,5,8H2,1-2,4H3/b13-6-,14-9-. The highest BCUT2D eigenvalue weighted by molar-refractivity contribution is 6.36. The number of allylic oxidation sites excluding steroid dienone is 1. The fraction of sp³-hybridized carbons (Fsp3) is 0.375. The first-order valence-electron chi connectivity index (χ1n) is 6.65. The van der Waals surface area contributed by atoms with Crippen LogP contribution in [0.4, 0.5) is 0 Å². The van der Waals surface area contributed by atoms with E-state index in [2.05, 4.69) is 57.6 Å². The second kappa shape index (κ2) is 7.16. The predicted octanol–water partition coefficient (Wildman–Crippen LogP) is 2.78. The lowest BCUT2D eigenvalue weighted by Crippen LogP contribution is -2.25. The van der Waals surface area contributed by atoms with Gasteiger partial charge in [-0.1, -0.05) is 56.6 Å². The van der Waals surface area contributed by atoms with Crippen LogP contribution in [0.1, 0.15) is 38.1 Å². The van der Waals surface area contributed by atoms with Crippen LogP contribution in [-0.2, 0) is 0 Å². The normalized spacial score (nSPS) is 14.8. The molecule has 0 spiro atoms. The summed E-state index contributed by atoms with van der Waals surface area (Å²) in [5.41, 5.74) is 1.38. The highest BCUT2D eigenvalue weighted by Crippen LogP contribution is 2.12. The zero-order valence-corrected chi connectivity index (χ0v) is 11.4. The summed E-state index contributed by atoms with van der Waals surface area (Å²) in [6, 6.07) is 6.78. The van der Waals surface area contributed by atoms with Crippen LogP contribution in [0.5, 0.6) is 0 Å². The lowest BCUT2D eigenvalue weighted by molar-refractivity contribution is 0.990. The fourth-order valence-corrected chi connectivity index (χ4v) is 2.10. The Balaban J connectivity index is 3.27. The maximum Gasteiger partial charge on any atom is 0.131 e. The Hall–Kier alpha value is -1.24. The first-order valence-corrected chi connectivity index (χ1v) is 6.65. The predicted molar refractivity (Wildman–Crippen MR) is 81.2 cm³/mol. The molecule has 0 saturated heterocycles. The van der Waals surface area contributed by atoms with E-state index in [1.165, 1.54) is 22.4 Å². The Morgan fingerprint density at radius 2 is 2.12 bits per heavy atom. The van der Waals surface area contributed by atoms with Crippen molar-refractivity contribution in [3.8, 4) is 0 Å². The molecule has 0 bridgehead atoms. The van der Waals surface area contributed by atoms with Crippen molar-refractivity contribution in [1.82, 2.24) is 0 Å². The molecule has 0 heterocycles. The van der Waals surface area contributed by atoms with Crippen LogP contribution in [0.2, 0.25) is 6.82 Å². The minimum atomic E-state index is 0.481. The molecule has 1 atom stereocenters. The molecule has 1 aromatic carbocycles. The maximum atomic E-state index is 3.92. The van der Waals surface area contributed by atoms with Gasteiger partial charge in [-0.25, -0.2) is 0 Å². The van der Waals surface area contributed by atoms with Gasteiger partial charge in [0.2, 0.25) is 0 Å². The molecule has 17 heavy (non-hydrogen) atoms. The van der Waals surface area contributed by atoms with Gasteiger partial charge in [0.05, 0.1) is 0 Å². The minimum absolute atomic E-state index is 0.481. The molecule has 1 heteroatoms. The maximum absolute atomic E-state index is 3.92. The number of unbranched alkanes of at least 4 members (excludes halogenated alkanes) is 1. The summed E-state index contributed by atoms with van der Waals surface area (Å²) < 4.78 is 0. The summed E-state index contributed by atoms with van der Waals surface area (Å²) in [7, 11) is 1.12. The van der Waals surface area contributed by atoms with Crippen LogP contribution < -0.4 is 10.4 Å². The molecule has 0 saturated carbocycles. The van der Waals surface area contributed by atoms with E-state index in [9.17, 15) is 0 Å². The van der Waals surface area contributed by atoms with Crippen molar-refractivity contribution in [1.29, 1.82) is 0 Å². The third-order valence-electron chi connectivity index (χ3n) is 3.23. The molecule has 0 amide bonds. The second-order valence-electron chi connectivity index (χ2n) is 4.42. The van der Waals surface area contributed by atoms with Crippen molar-refractivity contribution in [2.45, 2.75) is 39.3 Å². The summed E-state index contributed by atoms with van der Waals surface area (Å²) >= 11 is 0. The van der Waals surface area contributed by atoms with Crippen LogP contribution in [0.15, 0.2) is 30.9 Å². The van der Waals surface area contributed by atoms with Crippen molar-refractivity contribution in [3.63, 3.8) is 0 Å².